The summed E-state index contributed by atoms with van der Waals surface area (Å²) in [6, 6.07) is 17.2. The molecule has 4 heterocycles. The van der Waals surface area contributed by atoms with Gasteiger partial charge in [-0.1, -0.05) is 35.7 Å². The Morgan fingerprint density at radius 3 is 2.51 bits per heavy atom. The molecule has 7 nitrogen and oxygen atoms in total. The van der Waals surface area contributed by atoms with Crippen molar-refractivity contribution in [1.29, 1.82) is 0 Å². The second-order valence-electron chi connectivity index (χ2n) is 8.18. The molecule has 0 bridgehead atoms. The van der Waals surface area contributed by atoms with Crippen molar-refractivity contribution in [2.45, 2.75) is 5.60 Å². The number of imidazole rings is 1. The van der Waals surface area contributed by atoms with Gasteiger partial charge in [-0.25, -0.2) is 15.0 Å². The van der Waals surface area contributed by atoms with E-state index in [0.29, 0.717) is 50.0 Å². The number of fused-ring (bicyclic) bond motifs is 1. The fraction of sp³-hybridized carbons (Fsp3) is 0.111. The van der Waals surface area contributed by atoms with Crippen molar-refractivity contribution in [2.75, 3.05) is 0 Å². The minimum atomic E-state index is -1.65. The summed E-state index contributed by atoms with van der Waals surface area (Å²) < 4.78 is 3.24. The Kier molecular flexibility index (Phi) is 5.48. The molecule has 0 aliphatic heterocycles. The molecule has 1 atom stereocenters. The average molecular weight is 482 g/mol. The molecule has 0 saturated carbocycles. The molecule has 0 aliphatic rings. The van der Waals surface area contributed by atoms with Gasteiger partial charge in [-0.15, -0.1) is 6.42 Å². The van der Waals surface area contributed by atoms with E-state index in [-0.39, 0.29) is 5.56 Å². The Bertz CT molecular complexity index is 1680. The summed E-state index contributed by atoms with van der Waals surface area (Å²) >= 11 is 6.12. The molecule has 35 heavy (non-hydrogen) atoms. The number of aliphatic hydroxyl groups is 1. The van der Waals surface area contributed by atoms with Crippen LogP contribution < -0.4 is 5.56 Å². The lowest BCUT2D eigenvalue weighted by Gasteiger charge is -2.29. The molecule has 1 unspecified atom stereocenters. The number of aromatic nitrogens is 5. The molecule has 0 amide bonds. The van der Waals surface area contributed by atoms with Crippen LogP contribution in [-0.2, 0) is 19.7 Å². The molecule has 172 valence electrons. The molecule has 4 aromatic heterocycles. The molecule has 1 N–H and O–H groups in total. The topological polar surface area (TPSA) is 85.8 Å². The summed E-state index contributed by atoms with van der Waals surface area (Å²) in [6.07, 6.45) is 8.75. The minimum Gasteiger partial charge on any atom is -0.373 e. The molecule has 0 saturated heterocycles. The van der Waals surface area contributed by atoms with Gasteiger partial charge in [-0.05, 0) is 42.0 Å². The number of hydrogen-bond donors (Lipinski definition) is 1. The number of benzene rings is 1. The zero-order chi connectivity index (χ0) is 24.7. The van der Waals surface area contributed by atoms with E-state index in [1.165, 1.54) is 10.6 Å². The zero-order valence-electron chi connectivity index (χ0n) is 19.0. The maximum absolute atomic E-state index is 12.7. The van der Waals surface area contributed by atoms with Gasteiger partial charge in [0.15, 0.2) is 5.60 Å². The van der Waals surface area contributed by atoms with E-state index < -0.39 is 5.60 Å². The number of aryl methyl sites for hydroxylation is 2. The summed E-state index contributed by atoms with van der Waals surface area (Å²) in [6.45, 7) is 0. The quantitative estimate of drug-likeness (QED) is 0.396. The number of halogens is 1. The Morgan fingerprint density at radius 1 is 1.06 bits per heavy atom. The molecular weight excluding hydrogens is 462 g/mol. The first-order chi connectivity index (χ1) is 16.8. The highest BCUT2D eigenvalue weighted by molar-refractivity contribution is 6.30. The maximum Gasteiger partial charge on any atom is 0.251 e. The summed E-state index contributed by atoms with van der Waals surface area (Å²) in [5, 5.41) is 12.8. The Morgan fingerprint density at radius 2 is 1.83 bits per heavy atom. The average Bonchev–Trinajstić information content (AvgIpc) is 3.32. The van der Waals surface area contributed by atoms with Crippen LogP contribution in [0, 0.1) is 12.3 Å². The summed E-state index contributed by atoms with van der Waals surface area (Å²) in [7, 11) is 3.47. The zero-order valence-corrected chi connectivity index (χ0v) is 19.7. The van der Waals surface area contributed by atoms with E-state index in [9.17, 15) is 9.90 Å². The molecule has 1 aromatic carbocycles. The summed E-state index contributed by atoms with van der Waals surface area (Å²) in [4.78, 5) is 26.3. The molecule has 5 aromatic rings. The van der Waals surface area contributed by atoms with Crippen molar-refractivity contribution in [3.8, 4) is 23.6 Å². The molecular formula is C27H20ClN5O2. The van der Waals surface area contributed by atoms with Gasteiger partial charge in [0, 0.05) is 30.7 Å². The van der Waals surface area contributed by atoms with E-state index >= 15 is 0 Å². The fourth-order valence-electron chi connectivity index (χ4n) is 4.21. The van der Waals surface area contributed by atoms with Gasteiger partial charge in [0.2, 0.25) is 0 Å². The third-order valence-electron chi connectivity index (χ3n) is 6.08. The van der Waals surface area contributed by atoms with Crippen molar-refractivity contribution in [3.05, 3.63) is 111 Å². The highest BCUT2D eigenvalue weighted by Gasteiger charge is 2.38. The lowest BCUT2D eigenvalue weighted by molar-refractivity contribution is 0.113. The first-order valence-corrected chi connectivity index (χ1v) is 11.1. The van der Waals surface area contributed by atoms with Crippen molar-refractivity contribution in [2.24, 2.45) is 14.1 Å². The molecule has 0 radical (unpaired) electrons. The van der Waals surface area contributed by atoms with E-state index in [4.69, 9.17) is 23.0 Å². The van der Waals surface area contributed by atoms with Crippen LogP contribution in [0.4, 0.5) is 0 Å². The van der Waals surface area contributed by atoms with E-state index in [2.05, 4.69) is 15.9 Å². The van der Waals surface area contributed by atoms with Gasteiger partial charge in [-0.3, -0.25) is 4.79 Å². The molecule has 5 rings (SSSR count). The fourth-order valence-corrected chi connectivity index (χ4v) is 4.34. The highest BCUT2D eigenvalue weighted by atomic mass is 35.5. The van der Waals surface area contributed by atoms with E-state index in [1.54, 1.807) is 85.8 Å². The van der Waals surface area contributed by atoms with E-state index in [1.807, 2.05) is 0 Å². The first kappa shape index (κ1) is 22.5. The maximum atomic E-state index is 12.7. The predicted molar refractivity (Wildman–Crippen MR) is 135 cm³/mol. The number of terminal acetylenes is 1. The van der Waals surface area contributed by atoms with Crippen LogP contribution in [0.2, 0.25) is 5.02 Å². The third kappa shape index (κ3) is 3.69. The van der Waals surface area contributed by atoms with Gasteiger partial charge in [0.1, 0.15) is 5.69 Å². The molecule has 0 aliphatic carbocycles. The number of rotatable bonds is 4. The van der Waals surface area contributed by atoms with Crippen LogP contribution >= 0.6 is 11.6 Å². The summed E-state index contributed by atoms with van der Waals surface area (Å²) in [5.74, 6) is 2.52. The van der Waals surface area contributed by atoms with Crippen LogP contribution in [0.3, 0.4) is 0 Å². The van der Waals surface area contributed by atoms with Gasteiger partial charge in [-0.2, -0.15) is 0 Å². The normalized spacial score (nSPS) is 12.9. The van der Waals surface area contributed by atoms with Gasteiger partial charge in [0.05, 0.1) is 40.6 Å². The van der Waals surface area contributed by atoms with Crippen molar-refractivity contribution in [3.63, 3.8) is 0 Å². The van der Waals surface area contributed by atoms with Crippen LogP contribution in [0.5, 0.6) is 0 Å². The third-order valence-corrected chi connectivity index (χ3v) is 6.33. The Balaban J connectivity index is 1.84. The predicted octanol–water partition coefficient (Wildman–Crippen LogP) is 3.65. The lowest BCUT2D eigenvalue weighted by Crippen LogP contribution is -2.32. The second-order valence-corrected chi connectivity index (χ2v) is 8.62. The van der Waals surface area contributed by atoms with Crippen molar-refractivity contribution >= 4 is 22.6 Å². The standard InChI is InChI=1S/C27H20ClN5O2/c1-4-19-6-5-7-21(30-19)20-14-25(34)33(3)22-12-13-23(31-26(20)22)27(35,24-15-29-16-32(24)2)17-8-10-18(28)11-9-17/h1,5-16,35H,2-3H3. The Hall–Kier alpha value is -4.25. The van der Waals surface area contributed by atoms with E-state index in [0.717, 1.165) is 0 Å². The van der Waals surface area contributed by atoms with Crippen LogP contribution in [0.15, 0.2) is 78.0 Å². The van der Waals surface area contributed by atoms with Crippen molar-refractivity contribution < 1.29 is 5.11 Å². The molecule has 0 spiro atoms. The van der Waals surface area contributed by atoms with Crippen LogP contribution in [-0.4, -0.2) is 29.2 Å². The number of hydrogen-bond acceptors (Lipinski definition) is 5. The SMILES string of the molecule is C#Cc1cccc(-c2cc(=O)n(C)c3ccc(C(O)(c4ccc(Cl)cc4)c4cncn4C)nc23)n1. The number of nitrogens with zero attached hydrogens (tertiary/aromatic N) is 5. The molecule has 0 fully saturated rings. The largest absolute Gasteiger partial charge is 0.373 e. The minimum absolute atomic E-state index is 0.213. The smallest absolute Gasteiger partial charge is 0.251 e. The highest BCUT2D eigenvalue weighted by Crippen LogP contribution is 2.37. The van der Waals surface area contributed by atoms with Crippen molar-refractivity contribution in [1.82, 2.24) is 24.1 Å². The first-order valence-electron chi connectivity index (χ1n) is 10.7. The van der Waals surface area contributed by atoms with Gasteiger partial charge >= 0.3 is 0 Å². The van der Waals surface area contributed by atoms with Gasteiger partial charge in [0.25, 0.3) is 5.56 Å². The molecule has 8 heteroatoms. The monoisotopic (exact) mass is 481 g/mol. The van der Waals surface area contributed by atoms with Gasteiger partial charge < -0.3 is 14.2 Å². The second kappa shape index (κ2) is 8.51. The van der Waals surface area contributed by atoms with Crippen LogP contribution in [0.25, 0.3) is 22.3 Å². The Labute approximate surface area is 206 Å². The summed E-state index contributed by atoms with van der Waals surface area (Å²) in [5.41, 5.74) is 2.15. The van der Waals surface area contributed by atoms with Crippen LogP contribution in [0.1, 0.15) is 22.6 Å². The lowest BCUT2D eigenvalue weighted by atomic mass is 9.86. The number of pyridine rings is 3.